The van der Waals surface area contributed by atoms with Crippen molar-refractivity contribution in [3.63, 3.8) is 0 Å². The van der Waals surface area contributed by atoms with E-state index in [9.17, 15) is 4.79 Å². The number of nitrogens with zero attached hydrogens (tertiary/aromatic N) is 1. The summed E-state index contributed by atoms with van der Waals surface area (Å²) in [5.41, 5.74) is 6.90. The molecule has 262 valence electrons. The largest absolute Gasteiger partial charge is 0.494 e. The number of rotatable bonds is 15. The zero-order valence-corrected chi connectivity index (χ0v) is 30.0. The molecule has 0 radical (unpaired) electrons. The van der Waals surface area contributed by atoms with Crippen molar-refractivity contribution in [2.45, 2.75) is 77.7 Å². The fourth-order valence-electron chi connectivity index (χ4n) is 7.49. The fourth-order valence-corrected chi connectivity index (χ4v) is 7.49. The molecule has 2 aliphatic rings. The van der Waals surface area contributed by atoms with E-state index in [2.05, 4.69) is 66.5 Å². The average Bonchev–Trinajstić information content (AvgIpc) is 3.45. The first-order valence-corrected chi connectivity index (χ1v) is 18.6. The van der Waals surface area contributed by atoms with Crippen molar-refractivity contribution in [2.75, 3.05) is 23.4 Å². The van der Waals surface area contributed by atoms with Crippen LogP contribution < -0.4 is 19.7 Å². The topological polar surface area (TPSA) is 60.0 Å². The number of esters is 1. The molecule has 0 fully saturated rings. The predicted molar refractivity (Wildman–Crippen MR) is 206 cm³/mol. The molecule has 2 heterocycles. The first-order valence-electron chi connectivity index (χ1n) is 18.6. The Morgan fingerprint density at radius 1 is 0.686 bits per heavy atom. The first kappa shape index (κ1) is 34.2. The summed E-state index contributed by atoms with van der Waals surface area (Å²) < 4.78 is 19.1. The summed E-state index contributed by atoms with van der Waals surface area (Å²) in [4.78, 5) is 15.9. The van der Waals surface area contributed by atoms with Gasteiger partial charge in [0.1, 0.15) is 17.2 Å². The minimum absolute atomic E-state index is 0.336. The summed E-state index contributed by atoms with van der Waals surface area (Å²) in [5, 5.41) is 3.57. The monoisotopic (exact) mass is 680 g/mol. The van der Waals surface area contributed by atoms with E-state index in [0.717, 1.165) is 63.7 Å². The standard InChI is InChI=1S/C45H48N2O4/c1-4-6-7-8-9-10-11-17-28-47(34-22-25-36(26-23-34)49-5-2)35-24-27-39-43(30-35)50-42-29-32(3)41(46-33-18-13-12-14-19-33)31-40(42)45(39)38-21-16-15-20-37(38)44(48)51-45/h12-16,18-27,29-31,46H,4-11,17,28H2,1-3H3. The smallest absolute Gasteiger partial charge is 0.340 e. The number of nitrogens with one attached hydrogen (secondary N) is 1. The van der Waals surface area contributed by atoms with Crippen LogP contribution in [0.3, 0.4) is 0 Å². The number of unbranched alkanes of at least 4 members (excludes halogenated alkanes) is 7. The van der Waals surface area contributed by atoms with Crippen LogP contribution in [0, 0.1) is 6.92 Å². The molecule has 0 aliphatic carbocycles. The van der Waals surface area contributed by atoms with Gasteiger partial charge in [0, 0.05) is 52.1 Å². The van der Waals surface area contributed by atoms with E-state index in [1.165, 1.54) is 44.9 Å². The quantitative estimate of drug-likeness (QED) is 0.0877. The zero-order chi connectivity index (χ0) is 35.2. The van der Waals surface area contributed by atoms with Gasteiger partial charge in [-0.1, -0.05) is 88.3 Å². The molecule has 7 rings (SSSR count). The molecule has 1 atom stereocenters. The minimum atomic E-state index is -1.16. The summed E-state index contributed by atoms with van der Waals surface area (Å²) in [6.45, 7) is 7.83. The molecule has 0 saturated heterocycles. The molecule has 0 aromatic heterocycles. The maximum absolute atomic E-state index is 13.6. The third kappa shape index (κ3) is 6.92. The molecule has 6 heteroatoms. The summed E-state index contributed by atoms with van der Waals surface area (Å²) >= 11 is 0. The van der Waals surface area contributed by atoms with Gasteiger partial charge in [0.2, 0.25) is 0 Å². The SMILES string of the molecule is CCCCCCCCCCN(c1ccc(OCC)cc1)c1ccc2c(c1)Oc1cc(C)c(Nc3ccccc3)cc1C21OC(=O)c2ccccc21. The van der Waals surface area contributed by atoms with Crippen LogP contribution in [-0.2, 0) is 10.3 Å². The molecular formula is C45H48N2O4. The molecule has 0 saturated carbocycles. The number of benzene rings is 5. The Bertz CT molecular complexity index is 1970. The number of hydrogen-bond donors (Lipinski definition) is 1. The Labute approximate surface area is 302 Å². The van der Waals surface area contributed by atoms with Gasteiger partial charge in [0.15, 0.2) is 5.60 Å². The van der Waals surface area contributed by atoms with Gasteiger partial charge < -0.3 is 24.4 Å². The second kappa shape index (κ2) is 15.3. The van der Waals surface area contributed by atoms with Gasteiger partial charge in [0.25, 0.3) is 0 Å². The Hall–Kier alpha value is -5.23. The van der Waals surface area contributed by atoms with E-state index in [4.69, 9.17) is 14.2 Å². The zero-order valence-electron chi connectivity index (χ0n) is 30.0. The molecule has 0 amide bonds. The van der Waals surface area contributed by atoms with Crippen LogP contribution in [0.1, 0.15) is 97.8 Å². The molecule has 1 unspecified atom stereocenters. The number of para-hydroxylation sites is 1. The minimum Gasteiger partial charge on any atom is -0.494 e. The molecule has 1 N–H and O–H groups in total. The van der Waals surface area contributed by atoms with E-state index in [1.54, 1.807) is 0 Å². The lowest BCUT2D eigenvalue weighted by Crippen LogP contribution is -2.33. The van der Waals surface area contributed by atoms with Crippen molar-refractivity contribution in [1.82, 2.24) is 0 Å². The molecule has 0 bridgehead atoms. The average molecular weight is 681 g/mol. The maximum atomic E-state index is 13.6. The van der Waals surface area contributed by atoms with Crippen molar-refractivity contribution < 1.29 is 19.0 Å². The van der Waals surface area contributed by atoms with Crippen LogP contribution in [0.4, 0.5) is 22.7 Å². The lowest BCUT2D eigenvalue weighted by atomic mass is 9.77. The summed E-state index contributed by atoms with van der Waals surface area (Å²) in [5.74, 6) is 1.88. The lowest BCUT2D eigenvalue weighted by molar-refractivity contribution is 0.0224. The number of ether oxygens (including phenoxy) is 3. The number of carbonyl (C=O) groups excluding carboxylic acids is 1. The molecule has 1 spiro atoms. The molecule has 5 aromatic carbocycles. The third-order valence-corrected chi connectivity index (χ3v) is 10.1. The predicted octanol–water partition coefficient (Wildman–Crippen LogP) is 12.0. The number of hydrogen-bond acceptors (Lipinski definition) is 6. The van der Waals surface area contributed by atoms with Crippen LogP contribution in [0.5, 0.6) is 17.2 Å². The third-order valence-electron chi connectivity index (χ3n) is 10.1. The second-order valence-electron chi connectivity index (χ2n) is 13.6. The Morgan fingerprint density at radius 3 is 2.14 bits per heavy atom. The summed E-state index contributed by atoms with van der Waals surface area (Å²) in [6.07, 6.45) is 10.1. The normalized spacial score (nSPS) is 15.4. The number of carbonyl (C=O) groups is 1. The van der Waals surface area contributed by atoms with Crippen LogP contribution in [-0.4, -0.2) is 19.1 Å². The molecule has 2 aliphatic heterocycles. The maximum Gasteiger partial charge on any atom is 0.340 e. The van der Waals surface area contributed by atoms with Crippen molar-refractivity contribution in [2.24, 2.45) is 0 Å². The van der Waals surface area contributed by atoms with Gasteiger partial charge in [0.05, 0.1) is 12.2 Å². The van der Waals surface area contributed by atoms with E-state index in [0.29, 0.717) is 23.7 Å². The molecular weight excluding hydrogens is 633 g/mol. The summed E-state index contributed by atoms with van der Waals surface area (Å²) in [7, 11) is 0. The van der Waals surface area contributed by atoms with Crippen LogP contribution in [0.15, 0.2) is 109 Å². The van der Waals surface area contributed by atoms with Gasteiger partial charge in [-0.3, -0.25) is 0 Å². The fraction of sp³-hybridized carbons (Fsp3) is 0.311. The highest BCUT2D eigenvalue weighted by molar-refractivity contribution is 5.97. The van der Waals surface area contributed by atoms with Crippen molar-refractivity contribution in [3.8, 4) is 17.2 Å². The van der Waals surface area contributed by atoms with Gasteiger partial charge in [-0.15, -0.1) is 0 Å². The molecule has 5 aromatic rings. The van der Waals surface area contributed by atoms with Crippen molar-refractivity contribution in [3.05, 3.63) is 137 Å². The van der Waals surface area contributed by atoms with E-state index < -0.39 is 5.60 Å². The van der Waals surface area contributed by atoms with Crippen molar-refractivity contribution >= 4 is 28.7 Å². The number of aryl methyl sites for hydroxylation is 1. The van der Waals surface area contributed by atoms with Gasteiger partial charge in [-0.05, 0) is 92.6 Å². The van der Waals surface area contributed by atoms with Gasteiger partial charge in [-0.25, -0.2) is 4.79 Å². The van der Waals surface area contributed by atoms with Crippen LogP contribution >= 0.6 is 0 Å². The van der Waals surface area contributed by atoms with E-state index in [-0.39, 0.29) is 5.97 Å². The second-order valence-corrected chi connectivity index (χ2v) is 13.6. The van der Waals surface area contributed by atoms with E-state index in [1.807, 2.05) is 73.7 Å². The Balaban J connectivity index is 1.26. The lowest BCUT2D eigenvalue weighted by Gasteiger charge is -2.38. The first-order chi connectivity index (χ1) is 25.0. The highest BCUT2D eigenvalue weighted by Crippen LogP contribution is 2.57. The highest BCUT2D eigenvalue weighted by Gasteiger charge is 2.53. The number of fused-ring (bicyclic) bond motifs is 6. The molecule has 6 nitrogen and oxygen atoms in total. The highest BCUT2D eigenvalue weighted by atomic mass is 16.6. The number of anilines is 4. The van der Waals surface area contributed by atoms with E-state index >= 15 is 0 Å². The van der Waals surface area contributed by atoms with Crippen LogP contribution in [0.25, 0.3) is 0 Å². The summed E-state index contributed by atoms with van der Waals surface area (Å²) in [6, 6.07) is 36.6. The van der Waals surface area contributed by atoms with Crippen molar-refractivity contribution in [1.29, 1.82) is 0 Å². The van der Waals surface area contributed by atoms with Gasteiger partial charge in [-0.2, -0.15) is 0 Å². The Morgan fingerprint density at radius 2 is 1.37 bits per heavy atom. The van der Waals surface area contributed by atoms with Crippen LogP contribution in [0.2, 0.25) is 0 Å². The Kier molecular flexibility index (Phi) is 10.3. The molecule has 51 heavy (non-hydrogen) atoms. The van der Waals surface area contributed by atoms with Gasteiger partial charge >= 0.3 is 5.97 Å².